The van der Waals surface area contributed by atoms with E-state index in [1.165, 1.54) is 48.0 Å². The monoisotopic (exact) mass is 632 g/mol. The summed E-state index contributed by atoms with van der Waals surface area (Å²) in [6.45, 7) is 13.9. The molecule has 8 rings (SSSR count). The molecule has 0 aromatic heterocycles. The average molecular weight is 633 g/mol. The van der Waals surface area contributed by atoms with Gasteiger partial charge in [-0.25, -0.2) is 0 Å². The van der Waals surface area contributed by atoms with Crippen LogP contribution in [0.2, 0.25) is 0 Å². The molecule has 46 heavy (non-hydrogen) atoms. The van der Waals surface area contributed by atoms with Gasteiger partial charge in [0.2, 0.25) is 0 Å². The highest BCUT2D eigenvalue weighted by Crippen LogP contribution is 2.67. The standard InChI is InChI=1S/2C21H32O2/c2*1-4-16-19(23)12-18-15-6-5-13-11-14(22)7-9-20(13,2)17(15)8-10-21(16,18)3/h2*4-5,14-15,17-19,22-23H,6-12H2,1-3H3/b16-4+;16-4-/t;14?,15?,17?,18?,19?,20-,21+/m.0/s1. The Morgan fingerprint density at radius 3 is 1.28 bits per heavy atom. The first-order valence-electron chi connectivity index (χ1n) is 19.2. The van der Waals surface area contributed by atoms with E-state index in [2.05, 4.69) is 65.8 Å². The van der Waals surface area contributed by atoms with Crippen LogP contribution in [0.4, 0.5) is 0 Å². The predicted molar refractivity (Wildman–Crippen MR) is 186 cm³/mol. The maximum absolute atomic E-state index is 10.6. The highest BCUT2D eigenvalue weighted by Gasteiger charge is 2.60. The Bertz CT molecular complexity index is 1220. The Balaban J connectivity index is 0.000000147. The number of hydrogen-bond acceptors (Lipinski definition) is 4. The molecule has 4 heteroatoms. The van der Waals surface area contributed by atoms with Crippen LogP contribution < -0.4 is 0 Å². The fourth-order valence-electron chi connectivity index (χ4n) is 14.1. The van der Waals surface area contributed by atoms with Gasteiger partial charge in [0, 0.05) is 0 Å². The van der Waals surface area contributed by atoms with Crippen molar-refractivity contribution in [3.63, 3.8) is 0 Å². The molecule has 0 amide bonds. The van der Waals surface area contributed by atoms with Crippen molar-refractivity contribution in [1.29, 1.82) is 0 Å². The maximum atomic E-state index is 10.6. The minimum absolute atomic E-state index is 0.123. The molecule has 0 heterocycles. The van der Waals surface area contributed by atoms with Crippen molar-refractivity contribution in [2.45, 2.75) is 156 Å². The second kappa shape index (κ2) is 11.7. The SMILES string of the molecule is C/C=C1/C(O)CC2C3CC=C4CC(O)CC[C@]4(C)C3CC[C@]12C.C/C=C1\C(O)CC2C3CC=C4CC(O)CCC4(C)C3CCC12C. The zero-order valence-electron chi connectivity index (χ0n) is 29.8. The van der Waals surface area contributed by atoms with Gasteiger partial charge in [0.15, 0.2) is 0 Å². The first kappa shape index (κ1) is 33.3. The van der Waals surface area contributed by atoms with Crippen LogP contribution in [0.5, 0.6) is 0 Å². The second-order valence-corrected chi connectivity index (χ2v) is 18.2. The second-order valence-electron chi connectivity index (χ2n) is 18.2. The van der Waals surface area contributed by atoms with Crippen LogP contribution >= 0.6 is 0 Å². The number of fused-ring (bicyclic) bond motifs is 10. The van der Waals surface area contributed by atoms with Gasteiger partial charge < -0.3 is 20.4 Å². The zero-order chi connectivity index (χ0) is 32.8. The van der Waals surface area contributed by atoms with Crippen molar-refractivity contribution in [2.24, 2.45) is 57.2 Å². The number of aliphatic hydroxyl groups is 4. The van der Waals surface area contributed by atoms with E-state index in [0.717, 1.165) is 76.0 Å². The topological polar surface area (TPSA) is 80.9 Å². The third-order valence-corrected chi connectivity index (χ3v) is 16.5. The summed E-state index contributed by atoms with van der Waals surface area (Å²) in [5.74, 6) is 4.18. The van der Waals surface area contributed by atoms with E-state index in [9.17, 15) is 20.4 Å². The van der Waals surface area contributed by atoms with E-state index in [0.29, 0.717) is 34.5 Å². The van der Waals surface area contributed by atoms with Gasteiger partial charge in [-0.05, 0) is 172 Å². The Morgan fingerprint density at radius 1 is 0.543 bits per heavy atom. The lowest BCUT2D eigenvalue weighted by Crippen LogP contribution is -2.49. The highest BCUT2D eigenvalue weighted by molar-refractivity contribution is 5.33. The van der Waals surface area contributed by atoms with E-state index in [1.54, 1.807) is 0 Å². The first-order valence-corrected chi connectivity index (χ1v) is 19.2. The molecule has 4 N–H and O–H groups in total. The summed E-state index contributed by atoms with van der Waals surface area (Å²) >= 11 is 0. The summed E-state index contributed by atoms with van der Waals surface area (Å²) < 4.78 is 0. The molecular weight excluding hydrogens is 568 g/mol. The number of allylic oxidation sites excluding steroid dienone is 4. The van der Waals surface area contributed by atoms with E-state index < -0.39 is 0 Å². The molecule has 6 fully saturated rings. The normalized spacial score (nSPS) is 54.2. The summed E-state index contributed by atoms with van der Waals surface area (Å²) in [6.07, 6.45) is 23.9. The highest BCUT2D eigenvalue weighted by atomic mass is 16.3. The van der Waals surface area contributed by atoms with Crippen LogP contribution in [0.1, 0.15) is 131 Å². The van der Waals surface area contributed by atoms with Gasteiger partial charge in [0.25, 0.3) is 0 Å². The summed E-state index contributed by atoms with van der Waals surface area (Å²) in [5, 5.41) is 41.3. The first-order chi connectivity index (χ1) is 21.8. The van der Waals surface area contributed by atoms with Crippen LogP contribution in [0, 0.1) is 57.2 Å². The molecule has 8 aliphatic carbocycles. The fourth-order valence-corrected chi connectivity index (χ4v) is 14.1. The lowest BCUT2D eigenvalue weighted by atomic mass is 9.48. The quantitative estimate of drug-likeness (QED) is 0.202. The molecule has 8 aliphatic rings. The molecule has 0 spiro atoms. The lowest BCUT2D eigenvalue weighted by molar-refractivity contribution is -0.0278. The molecule has 6 saturated carbocycles. The largest absolute Gasteiger partial charge is 0.393 e. The van der Waals surface area contributed by atoms with Gasteiger partial charge in [-0.15, -0.1) is 0 Å². The Morgan fingerprint density at radius 2 is 0.913 bits per heavy atom. The van der Waals surface area contributed by atoms with Gasteiger partial charge in [0.1, 0.15) is 0 Å². The van der Waals surface area contributed by atoms with Crippen molar-refractivity contribution in [1.82, 2.24) is 0 Å². The summed E-state index contributed by atoms with van der Waals surface area (Å²) in [6, 6.07) is 0. The zero-order valence-corrected chi connectivity index (χ0v) is 29.8. The maximum Gasteiger partial charge on any atom is 0.0758 e. The Kier molecular flexibility index (Phi) is 8.47. The minimum Gasteiger partial charge on any atom is -0.393 e. The van der Waals surface area contributed by atoms with Crippen molar-refractivity contribution in [3.05, 3.63) is 46.6 Å². The van der Waals surface area contributed by atoms with Crippen LogP contribution in [0.15, 0.2) is 46.6 Å². The van der Waals surface area contributed by atoms with Crippen LogP contribution in [0.25, 0.3) is 0 Å². The molecule has 0 bridgehead atoms. The van der Waals surface area contributed by atoms with Gasteiger partial charge in [0.05, 0.1) is 24.4 Å². The van der Waals surface area contributed by atoms with Gasteiger partial charge in [-0.3, -0.25) is 0 Å². The van der Waals surface area contributed by atoms with Crippen molar-refractivity contribution >= 4 is 0 Å². The van der Waals surface area contributed by atoms with Crippen molar-refractivity contribution in [3.8, 4) is 0 Å². The number of hydrogen-bond donors (Lipinski definition) is 4. The number of aliphatic hydroxyl groups excluding tert-OH is 4. The molecule has 0 radical (unpaired) electrons. The average Bonchev–Trinajstić information content (AvgIpc) is 3.44. The van der Waals surface area contributed by atoms with E-state index in [4.69, 9.17) is 0 Å². The Labute approximate surface area is 279 Å². The molecule has 0 aromatic carbocycles. The van der Waals surface area contributed by atoms with Gasteiger partial charge in [-0.2, -0.15) is 0 Å². The lowest BCUT2D eigenvalue weighted by Gasteiger charge is -2.57. The van der Waals surface area contributed by atoms with Gasteiger partial charge >= 0.3 is 0 Å². The number of rotatable bonds is 0. The van der Waals surface area contributed by atoms with Crippen molar-refractivity contribution < 1.29 is 20.4 Å². The van der Waals surface area contributed by atoms with E-state index in [1.807, 2.05) is 0 Å². The van der Waals surface area contributed by atoms with Crippen LogP contribution in [0.3, 0.4) is 0 Å². The minimum atomic E-state index is -0.222. The molecule has 14 atom stereocenters. The molecule has 4 nitrogen and oxygen atoms in total. The summed E-state index contributed by atoms with van der Waals surface area (Å²) in [4.78, 5) is 0. The Hall–Kier alpha value is -1.20. The molecular formula is C42H64O4. The molecule has 12 unspecified atom stereocenters. The summed E-state index contributed by atoms with van der Waals surface area (Å²) in [5.41, 5.74) is 6.70. The van der Waals surface area contributed by atoms with Crippen molar-refractivity contribution in [2.75, 3.05) is 0 Å². The fraction of sp³-hybridized carbons (Fsp3) is 0.810. The van der Waals surface area contributed by atoms with E-state index in [-0.39, 0.29) is 35.2 Å². The van der Waals surface area contributed by atoms with Gasteiger partial charge in [-0.1, -0.05) is 63.1 Å². The third-order valence-electron chi connectivity index (χ3n) is 16.5. The van der Waals surface area contributed by atoms with Crippen LogP contribution in [-0.4, -0.2) is 44.8 Å². The molecule has 0 aliphatic heterocycles. The van der Waals surface area contributed by atoms with Crippen LogP contribution in [-0.2, 0) is 0 Å². The molecule has 0 aromatic rings. The predicted octanol–water partition coefficient (Wildman–Crippen LogP) is 8.45. The van der Waals surface area contributed by atoms with E-state index >= 15 is 0 Å². The summed E-state index contributed by atoms with van der Waals surface area (Å²) in [7, 11) is 0. The molecule has 0 saturated heterocycles. The smallest absolute Gasteiger partial charge is 0.0758 e. The third kappa shape index (κ3) is 4.80. The molecule has 256 valence electrons.